The first-order valence-corrected chi connectivity index (χ1v) is 7.33. The van der Waals surface area contributed by atoms with Crippen molar-refractivity contribution in [1.82, 2.24) is 14.7 Å². The van der Waals surface area contributed by atoms with Crippen LogP contribution in [-0.2, 0) is 21.2 Å². The second-order valence-corrected chi connectivity index (χ2v) is 5.71. The van der Waals surface area contributed by atoms with E-state index in [1.54, 1.807) is 19.1 Å². The molecule has 7 nitrogen and oxygen atoms in total. The molecule has 0 unspecified atom stereocenters. The predicted molar refractivity (Wildman–Crippen MR) is 69.1 cm³/mol. The first kappa shape index (κ1) is 14.2. The van der Waals surface area contributed by atoms with Gasteiger partial charge in [0, 0.05) is 25.2 Å². The van der Waals surface area contributed by atoms with Gasteiger partial charge in [-0.2, -0.15) is 8.42 Å². The molecule has 0 atom stereocenters. The van der Waals surface area contributed by atoms with Crippen LogP contribution in [0.4, 0.5) is 0 Å². The van der Waals surface area contributed by atoms with Gasteiger partial charge >= 0.3 is 0 Å². The van der Waals surface area contributed by atoms with Crippen molar-refractivity contribution in [3.63, 3.8) is 0 Å². The second-order valence-electron chi connectivity index (χ2n) is 4.08. The van der Waals surface area contributed by atoms with Gasteiger partial charge in [0.15, 0.2) is 5.03 Å². The Bertz CT molecular complexity index is 695. The molecule has 1 amide bonds. The topological polar surface area (TPSA) is 102 Å². The second kappa shape index (κ2) is 5.83. The number of carbonyl (C=O) groups is 1. The zero-order valence-electron chi connectivity index (χ0n) is 10.7. The first-order valence-electron chi connectivity index (χ1n) is 5.84. The number of hydrogen-bond donors (Lipinski definition) is 1. The molecule has 1 N–H and O–H groups in total. The van der Waals surface area contributed by atoms with Crippen molar-refractivity contribution in [2.75, 3.05) is 0 Å². The van der Waals surface area contributed by atoms with E-state index in [-0.39, 0.29) is 11.4 Å². The smallest absolute Gasteiger partial charge is 0.283 e. The zero-order chi connectivity index (χ0) is 14.6. The van der Waals surface area contributed by atoms with Gasteiger partial charge in [-0.15, -0.1) is 0 Å². The van der Waals surface area contributed by atoms with Gasteiger partial charge in [0.05, 0.1) is 6.20 Å². The summed E-state index contributed by atoms with van der Waals surface area (Å²) in [5.74, 6) is 0.756. The molecule has 2 aromatic heterocycles. The van der Waals surface area contributed by atoms with E-state index in [2.05, 4.69) is 9.97 Å². The lowest BCUT2D eigenvalue weighted by Crippen LogP contribution is -2.31. The average molecular weight is 295 g/mol. The summed E-state index contributed by atoms with van der Waals surface area (Å²) < 4.78 is 30.8. The van der Waals surface area contributed by atoms with E-state index in [4.69, 9.17) is 4.42 Å². The largest absolute Gasteiger partial charge is 0.466 e. The Balaban J connectivity index is 1.94. The monoisotopic (exact) mass is 295 g/mol. The van der Waals surface area contributed by atoms with Crippen LogP contribution in [0.25, 0.3) is 0 Å². The van der Waals surface area contributed by atoms with E-state index >= 15 is 0 Å². The standard InChI is InChI=1S/C12H13N3O4S/c1-9-2-3-10(19-9)4-5-11(16)15-20(17,18)12-8-13-6-7-14-12/h2-3,6-8H,4-5H2,1H3,(H,15,16). The number of furan rings is 1. The molecule has 106 valence electrons. The molecule has 8 heteroatoms. The number of carbonyl (C=O) groups excluding carboxylic acids is 1. The van der Waals surface area contributed by atoms with Crippen molar-refractivity contribution in [2.45, 2.75) is 24.8 Å². The third-order valence-corrected chi connectivity index (χ3v) is 3.72. The quantitative estimate of drug-likeness (QED) is 0.876. The van der Waals surface area contributed by atoms with Gasteiger partial charge in [-0.1, -0.05) is 0 Å². The highest BCUT2D eigenvalue weighted by Crippen LogP contribution is 2.09. The zero-order valence-corrected chi connectivity index (χ0v) is 11.6. The summed E-state index contributed by atoms with van der Waals surface area (Å²) in [4.78, 5) is 18.9. The maximum atomic E-state index is 11.8. The van der Waals surface area contributed by atoms with Crippen LogP contribution < -0.4 is 4.72 Å². The summed E-state index contributed by atoms with van der Waals surface area (Å²) in [6.07, 6.45) is 4.00. The summed E-state index contributed by atoms with van der Waals surface area (Å²) in [6, 6.07) is 3.53. The van der Waals surface area contributed by atoms with E-state index in [1.807, 2.05) is 4.72 Å². The molecule has 0 spiro atoms. The minimum absolute atomic E-state index is 0.00639. The molecular formula is C12H13N3O4S. The summed E-state index contributed by atoms with van der Waals surface area (Å²) >= 11 is 0. The highest BCUT2D eigenvalue weighted by atomic mass is 32.2. The average Bonchev–Trinajstić information content (AvgIpc) is 2.83. The molecule has 0 saturated heterocycles. The molecule has 20 heavy (non-hydrogen) atoms. The lowest BCUT2D eigenvalue weighted by molar-refractivity contribution is -0.119. The van der Waals surface area contributed by atoms with Crippen LogP contribution in [0, 0.1) is 6.92 Å². The van der Waals surface area contributed by atoms with Crippen LogP contribution in [0.1, 0.15) is 17.9 Å². The minimum Gasteiger partial charge on any atom is -0.466 e. The molecule has 0 aliphatic rings. The van der Waals surface area contributed by atoms with Gasteiger partial charge in [-0.3, -0.25) is 9.78 Å². The Morgan fingerprint density at radius 3 is 2.75 bits per heavy atom. The molecule has 0 aliphatic heterocycles. The normalized spacial score (nSPS) is 11.2. The van der Waals surface area contributed by atoms with E-state index in [1.165, 1.54) is 12.4 Å². The highest BCUT2D eigenvalue weighted by molar-refractivity contribution is 7.90. The van der Waals surface area contributed by atoms with Crippen LogP contribution >= 0.6 is 0 Å². The van der Waals surface area contributed by atoms with Gasteiger partial charge in [0.1, 0.15) is 11.5 Å². The molecule has 0 aliphatic carbocycles. The maximum absolute atomic E-state index is 11.8. The molecule has 0 saturated carbocycles. The molecule has 2 rings (SSSR count). The number of nitrogens with zero attached hydrogens (tertiary/aromatic N) is 2. The maximum Gasteiger partial charge on any atom is 0.283 e. The van der Waals surface area contributed by atoms with E-state index in [9.17, 15) is 13.2 Å². The Morgan fingerprint density at radius 2 is 2.15 bits per heavy atom. The van der Waals surface area contributed by atoms with Crippen LogP contribution in [0.2, 0.25) is 0 Å². The molecular weight excluding hydrogens is 282 g/mol. The van der Waals surface area contributed by atoms with Gasteiger partial charge in [-0.25, -0.2) is 9.71 Å². The molecule has 0 radical (unpaired) electrons. The van der Waals surface area contributed by atoms with E-state index in [0.29, 0.717) is 12.2 Å². The predicted octanol–water partition coefficient (Wildman–Crippen LogP) is 0.816. The van der Waals surface area contributed by atoms with Gasteiger partial charge < -0.3 is 4.42 Å². The highest BCUT2D eigenvalue weighted by Gasteiger charge is 2.19. The number of amides is 1. The lowest BCUT2D eigenvalue weighted by Gasteiger charge is -2.04. The number of aromatic nitrogens is 2. The molecule has 0 bridgehead atoms. The van der Waals surface area contributed by atoms with Crippen molar-refractivity contribution >= 4 is 15.9 Å². The van der Waals surface area contributed by atoms with Crippen molar-refractivity contribution in [3.05, 3.63) is 42.2 Å². The van der Waals surface area contributed by atoms with E-state index < -0.39 is 15.9 Å². The SMILES string of the molecule is Cc1ccc(CCC(=O)NS(=O)(=O)c2cnccn2)o1. The molecule has 0 aromatic carbocycles. The Hall–Kier alpha value is -2.22. The number of sulfonamides is 1. The molecule has 2 heterocycles. The molecule has 2 aromatic rings. The van der Waals surface area contributed by atoms with Crippen molar-refractivity contribution < 1.29 is 17.6 Å². The first-order chi connectivity index (χ1) is 9.47. The minimum atomic E-state index is -3.96. The molecule has 0 fully saturated rings. The van der Waals surface area contributed by atoms with Crippen LogP contribution in [0.5, 0.6) is 0 Å². The Morgan fingerprint density at radius 1 is 1.35 bits per heavy atom. The van der Waals surface area contributed by atoms with Crippen molar-refractivity contribution in [1.29, 1.82) is 0 Å². The number of aryl methyl sites for hydroxylation is 2. The summed E-state index contributed by atoms with van der Waals surface area (Å²) in [7, 11) is -3.96. The van der Waals surface area contributed by atoms with Crippen molar-refractivity contribution in [2.24, 2.45) is 0 Å². The van der Waals surface area contributed by atoms with Gasteiger partial charge in [-0.05, 0) is 19.1 Å². The van der Waals surface area contributed by atoms with Gasteiger partial charge in [0.25, 0.3) is 10.0 Å². The third kappa shape index (κ3) is 3.64. The number of rotatable bonds is 5. The number of hydrogen-bond acceptors (Lipinski definition) is 6. The van der Waals surface area contributed by atoms with E-state index in [0.717, 1.165) is 12.0 Å². The summed E-state index contributed by atoms with van der Waals surface area (Å²) in [6.45, 7) is 1.79. The van der Waals surface area contributed by atoms with Crippen LogP contribution in [0.15, 0.2) is 40.2 Å². The van der Waals surface area contributed by atoms with Crippen molar-refractivity contribution in [3.8, 4) is 0 Å². The lowest BCUT2D eigenvalue weighted by atomic mass is 10.2. The van der Waals surface area contributed by atoms with Crippen LogP contribution in [-0.4, -0.2) is 24.3 Å². The van der Waals surface area contributed by atoms with Gasteiger partial charge in [0.2, 0.25) is 5.91 Å². The fourth-order valence-corrected chi connectivity index (χ4v) is 2.44. The fraction of sp³-hybridized carbons (Fsp3) is 0.250. The Labute approximate surface area is 116 Å². The van der Waals surface area contributed by atoms with Crippen LogP contribution in [0.3, 0.4) is 0 Å². The number of nitrogens with one attached hydrogen (secondary N) is 1. The summed E-state index contributed by atoms with van der Waals surface area (Å²) in [5, 5.41) is -0.290. The Kier molecular flexibility index (Phi) is 4.14. The summed E-state index contributed by atoms with van der Waals surface area (Å²) in [5.41, 5.74) is 0. The third-order valence-electron chi connectivity index (χ3n) is 2.46. The fourth-order valence-electron chi connectivity index (χ4n) is 1.53.